The Labute approximate surface area is 132 Å². The van der Waals surface area contributed by atoms with Gasteiger partial charge in [-0.15, -0.1) is 0 Å². The van der Waals surface area contributed by atoms with Gasteiger partial charge in [0.25, 0.3) is 0 Å². The van der Waals surface area contributed by atoms with Crippen LogP contribution in [0, 0.1) is 11.8 Å². The van der Waals surface area contributed by atoms with Crippen LogP contribution in [0.2, 0.25) is 0 Å². The highest BCUT2D eigenvalue weighted by Crippen LogP contribution is 2.12. The molecule has 0 aliphatic carbocycles. The summed E-state index contributed by atoms with van der Waals surface area (Å²) in [5.74, 6) is 1.33. The Morgan fingerprint density at radius 1 is 0.952 bits per heavy atom. The van der Waals surface area contributed by atoms with Gasteiger partial charge in [-0.05, 0) is 50.6 Å². The molecule has 0 radical (unpaired) electrons. The number of sulfonamides is 1. The van der Waals surface area contributed by atoms with Crippen molar-refractivity contribution in [2.45, 2.75) is 60.3 Å². The minimum atomic E-state index is -3.11. The van der Waals surface area contributed by atoms with E-state index in [2.05, 4.69) is 39.9 Å². The van der Waals surface area contributed by atoms with E-state index in [0.717, 1.165) is 32.4 Å². The molecule has 0 aromatic carbocycles. The number of nitrogens with zero attached hydrogens (tertiary/aromatic N) is 1. The Balaban J connectivity index is 4.39. The van der Waals surface area contributed by atoms with Crippen LogP contribution in [0.15, 0.2) is 0 Å². The number of hydrogen-bond donors (Lipinski definition) is 1. The maximum atomic E-state index is 12.5. The molecule has 1 N–H and O–H groups in total. The van der Waals surface area contributed by atoms with Gasteiger partial charge in [-0.2, -0.15) is 0 Å². The van der Waals surface area contributed by atoms with Gasteiger partial charge in [-0.25, -0.2) is 12.7 Å². The molecular formula is C16H36N2O2S. The van der Waals surface area contributed by atoms with Gasteiger partial charge >= 0.3 is 0 Å². The van der Waals surface area contributed by atoms with Crippen LogP contribution in [-0.4, -0.2) is 44.7 Å². The summed E-state index contributed by atoms with van der Waals surface area (Å²) in [6.45, 7) is 13.8. The van der Waals surface area contributed by atoms with E-state index < -0.39 is 10.0 Å². The fourth-order valence-corrected chi connectivity index (χ4v) is 3.54. The van der Waals surface area contributed by atoms with Gasteiger partial charge in [-0.3, -0.25) is 0 Å². The molecule has 0 aliphatic heterocycles. The highest BCUT2D eigenvalue weighted by molar-refractivity contribution is 7.89. The minimum absolute atomic E-state index is 0.264. The molecule has 0 aliphatic rings. The Morgan fingerprint density at radius 2 is 1.48 bits per heavy atom. The predicted molar refractivity (Wildman–Crippen MR) is 92.0 cm³/mol. The molecule has 0 spiro atoms. The standard InChI is InChI=1S/C16H36N2O2S/c1-6-10-17-11-7-14-21(19,20)18(12-8-15(2)3)13-9-16(4)5/h15-17H,6-14H2,1-5H3. The molecule has 0 unspecified atom stereocenters. The van der Waals surface area contributed by atoms with Crippen molar-refractivity contribution in [2.24, 2.45) is 11.8 Å². The van der Waals surface area contributed by atoms with Crippen molar-refractivity contribution in [3.8, 4) is 0 Å². The first-order valence-corrected chi connectivity index (χ1v) is 10.1. The summed E-state index contributed by atoms with van der Waals surface area (Å²) in [4.78, 5) is 0. The molecule has 0 aromatic heterocycles. The molecule has 0 fully saturated rings. The third-order valence-corrected chi connectivity index (χ3v) is 5.44. The van der Waals surface area contributed by atoms with Crippen LogP contribution in [-0.2, 0) is 10.0 Å². The van der Waals surface area contributed by atoms with Crippen LogP contribution in [0.25, 0.3) is 0 Å². The first-order valence-electron chi connectivity index (χ1n) is 8.48. The maximum absolute atomic E-state index is 12.5. The lowest BCUT2D eigenvalue weighted by molar-refractivity contribution is 0.356. The van der Waals surface area contributed by atoms with Crippen molar-refractivity contribution < 1.29 is 8.42 Å². The quantitative estimate of drug-likeness (QED) is 0.531. The molecule has 0 atom stereocenters. The highest BCUT2D eigenvalue weighted by atomic mass is 32.2. The molecule has 0 saturated carbocycles. The van der Waals surface area contributed by atoms with Crippen LogP contribution < -0.4 is 5.32 Å². The summed E-state index contributed by atoms with van der Waals surface area (Å²) in [5.41, 5.74) is 0. The SMILES string of the molecule is CCCNCCCS(=O)(=O)N(CCC(C)C)CCC(C)C. The van der Waals surface area contributed by atoms with Gasteiger partial charge in [0.2, 0.25) is 10.0 Å². The first kappa shape index (κ1) is 20.9. The largest absolute Gasteiger partial charge is 0.317 e. The molecule has 0 saturated heterocycles. The van der Waals surface area contributed by atoms with Crippen LogP contribution in [0.5, 0.6) is 0 Å². The first-order chi connectivity index (χ1) is 9.79. The van der Waals surface area contributed by atoms with Crippen molar-refractivity contribution >= 4 is 10.0 Å². The van der Waals surface area contributed by atoms with Gasteiger partial charge in [0.05, 0.1) is 5.75 Å². The zero-order valence-electron chi connectivity index (χ0n) is 14.7. The lowest BCUT2D eigenvalue weighted by Crippen LogP contribution is -2.36. The van der Waals surface area contributed by atoms with Crippen molar-refractivity contribution in [3.63, 3.8) is 0 Å². The Morgan fingerprint density at radius 3 is 1.90 bits per heavy atom. The van der Waals surface area contributed by atoms with Crippen molar-refractivity contribution in [2.75, 3.05) is 31.9 Å². The van der Waals surface area contributed by atoms with Crippen molar-refractivity contribution in [3.05, 3.63) is 0 Å². The zero-order valence-corrected chi connectivity index (χ0v) is 15.5. The van der Waals surface area contributed by atoms with E-state index in [-0.39, 0.29) is 5.75 Å². The fourth-order valence-electron chi connectivity index (χ4n) is 2.00. The third kappa shape index (κ3) is 11.1. The smallest absolute Gasteiger partial charge is 0.214 e. The summed E-state index contributed by atoms with van der Waals surface area (Å²) in [7, 11) is -3.11. The predicted octanol–water partition coefficient (Wildman–Crippen LogP) is 3.10. The van der Waals surface area contributed by atoms with Gasteiger partial charge in [0.1, 0.15) is 0 Å². The van der Waals surface area contributed by atoms with E-state index in [1.807, 2.05) is 0 Å². The van der Waals surface area contributed by atoms with Crippen LogP contribution >= 0.6 is 0 Å². The van der Waals surface area contributed by atoms with E-state index in [1.165, 1.54) is 0 Å². The van der Waals surface area contributed by atoms with E-state index in [9.17, 15) is 8.42 Å². The van der Waals surface area contributed by atoms with E-state index in [1.54, 1.807) is 4.31 Å². The van der Waals surface area contributed by atoms with Gasteiger partial charge in [-0.1, -0.05) is 34.6 Å². The molecule has 0 rings (SSSR count). The second kappa shape index (κ2) is 11.4. The second-order valence-corrected chi connectivity index (χ2v) is 8.77. The van der Waals surface area contributed by atoms with Gasteiger partial charge < -0.3 is 5.32 Å². The molecule has 5 heteroatoms. The van der Waals surface area contributed by atoms with Crippen molar-refractivity contribution in [1.82, 2.24) is 9.62 Å². The highest BCUT2D eigenvalue weighted by Gasteiger charge is 2.21. The lowest BCUT2D eigenvalue weighted by atomic mass is 10.1. The number of hydrogen-bond acceptors (Lipinski definition) is 3. The summed E-state index contributed by atoms with van der Waals surface area (Å²) in [5, 5.41) is 3.26. The average Bonchev–Trinajstić information content (AvgIpc) is 2.37. The monoisotopic (exact) mass is 320 g/mol. The zero-order chi connectivity index (χ0) is 16.3. The molecule has 0 bridgehead atoms. The minimum Gasteiger partial charge on any atom is -0.317 e. The van der Waals surface area contributed by atoms with Gasteiger partial charge in [0, 0.05) is 13.1 Å². The third-order valence-electron chi connectivity index (χ3n) is 3.49. The summed E-state index contributed by atoms with van der Waals surface area (Å²) in [6.07, 6.45) is 3.65. The van der Waals surface area contributed by atoms with Crippen LogP contribution in [0.3, 0.4) is 0 Å². The van der Waals surface area contributed by atoms with Crippen LogP contribution in [0.1, 0.15) is 60.3 Å². The lowest BCUT2D eigenvalue weighted by Gasteiger charge is -2.24. The molecule has 0 amide bonds. The average molecular weight is 321 g/mol. The molecule has 0 aromatic rings. The Hall–Kier alpha value is -0.130. The molecular weight excluding hydrogens is 284 g/mol. The maximum Gasteiger partial charge on any atom is 0.214 e. The van der Waals surface area contributed by atoms with E-state index in [4.69, 9.17) is 0 Å². The number of nitrogens with one attached hydrogen (secondary N) is 1. The summed E-state index contributed by atoms with van der Waals surface area (Å²) in [6, 6.07) is 0. The molecule has 4 nitrogen and oxygen atoms in total. The Bertz CT molecular complexity index is 328. The van der Waals surface area contributed by atoms with Crippen molar-refractivity contribution in [1.29, 1.82) is 0 Å². The van der Waals surface area contributed by atoms with Gasteiger partial charge in [0.15, 0.2) is 0 Å². The van der Waals surface area contributed by atoms with E-state index in [0.29, 0.717) is 31.3 Å². The molecule has 128 valence electrons. The molecule has 21 heavy (non-hydrogen) atoms. The van der Waals surface area contributed by atoms with Crippen LogP contribution in [0.4, 0.5) is 0 Å². The number of rotatable bonds is 13. The topological polar surface area (TPSA) is 49.4 Å². The second-order valence-electron chi connectivity index (χ2n) is 6.68. The fraction of sp³-hybridized carbons (Fsp3) is 1.00. The Kier molecular flexibility index (Phi) is 11.4. The van der Waals surface area contributed by atoms with E-state index >= 15 is 0 Å². The summed E-state index contributed by atoms with van der Waals surface area (Å²) < 4.78 is 26.7. The normalized spacial score (nSPS) is 12.8. The molecule has 0 heterocycles. The summed E-state index contributed by atoms with van der Waals surface area (Å²) >= 11 is 0.